The molecule has 1 fully saturated rings. The molecule has 0 saturated heterocycles. The Kier molecular flexibility index (Phi) is 2.57. The van der Waals surface area contributed by atoms with Crippen LogP contribution < -0.4 is 0 Å². The number of hydrogen-bond donors (Lipinski definition) is 1. The van der Waals surface area contributed by atoms with Crippen LogP contribution in [0, 0.1) is 0 Å². The minimum absolute atomic E-state index is 0.373. The Balaban J connectivity index is 2.37. The van der Waals surface area contributed by atoms with Crippen LogP contribution in [0.25, 0.3) is 0 Å². The van der Waals surface area contributed by atoms with E-state index in [1.165, 1.54) is 19.3 Å². The fourth-order valence-corrected chi connectivity index (χ4v) is 2.02. The van der Waals surface area contributed by atoms with Crippen molar-refractivity contribution in [2.75, 3.05) is 0 Å². The molecule has 1 saturated carbocycles. The average Bonchev–Trinajstić information content (AvgIpc) is 1.90. The van der Waals surface area contributed by atoms with Gasteiger partial charge in [-0.1, -0.05) is 0 Å². The van der Waals surface area contributed by atoms with E-state index in [4.69, 9.17) is 0 Å². The van der Waals surface area contributed by atoms with E-state index in [-0.39, 0.29) is 4.50 Å². The van der Waals surface area contributed by atoms with Crippen LogP contribution in [0.4, 0.5) is 0 Å². The summed E-state index contributed by atoms with van der Waals surface area (Å²) in [7, 11) is 0. The van der Waals surface area contributed by atoms with Crippen molar-refractivity contribution in [3.8, 4) is 0 Å². The molecule has 0 heterocycles. The quantitative estimate of drug-likeness (QED) is 0.606. The van der Waals surface area contributed by atoms with E-state index >= 15 is 0 Å². The van der Waals surface area contributed by atoms with Gasteiger partial charge in [0.2, 0.25) is 0 Å². The fourth-order valence-electron chi connectivity index (χ4n) is 1.22. The summed E-state index contributed by atoms with van der Waals surface area (Å²) in [5.74, 6) is 1.98. The van der Waals surface area contributed by atoms with Crippen molar-refractivity contribution in [3.63, 3.8) is 0 Å². The molecule has 0 unspecified atom stereocenters. The molecule has 0 aromatic heterocycles. The van der Waals surface area contributed by atoms with Crippen LogP contribution in [-0.2, 0) is 15.0 Å². The molecule has 9 heavy (non-hydrogen) atoms. The van der Waals surface area contributed by atoms with Gasteiger partial charge >= 0.3 is 62.5 Å². The van der Waals surface area contributed by atoms with Crippen molar-refractivity contribution < 1.29 is 20.1 Å². The van der Waals surface area contributed by atoms with Gasteiger partial charge < -0.3 is 0 Å². The predicted molar refractivity (Wildman–Crippen MR) is 33.9 cm³/mol. The van der Waals surface area contributed by atoms with Crippen LogP contribution in [-0.4, -0.2) is 9.61 Å². The molecule has 0 bridgehead atoms. The van der Waals surface area contributed by atoms with Gasteiger partial charge in [-0.25, -0.2) is 0 Å². The Morgan fingerprint density at radius 3 is 2.11 bits per heavy atom. The summed E-state index contributed by atoms with van der Waals surface area (Å²) in [5, 5.41) is 9.64. The summed E-state index contributed by atoms with van der Waals surface area (Å²) in [4.78, 5) is 0. The maximum atomic E-state index is 9.64. The van der Waals surface area contributed by atoms with Crippen LogP contribution in [0.2, 0.25) is 5.82 Å². The van der Waals surface area contributed by atoms with Crippen molar-refractivity contribution in [1.29, 1.82) is 0 Å². The third-order valence-electron chi connectivity index (χ3n) is 1.86. The van der Waals surface area contributed by atoms with Crippen molar-refractivity contribution >= 4 is 0 Å². The van der Waals surface area contributed by atoms with Crippen molar-refractivity contribution in [1.82, 2.24) is 0 Å². The molecule has 1 rings (SSSR count). The maximum absolute atomic E-state index is 9.64. The van der Waals surface area contributed by atoms with Gasteiger partial charge in [0.05, 0.1) is 0 Å². The third-order valence-corrected chi connectivity index (χ3v) is 3.21. The van der Waals surface area contributed by atoms with Gasteiger partial charge in [-0.3, -0.25) is 0 Å². The van der Waals surface area contributed by atoms with Gasteiger partial charge in [-0.15, -0.1) is 0 Å². The van der Waals surface area contributed by atoms with Crippen LogP contribution in [0.5, 0.6) is 0 Å². The van der Waals surface area contributed by atoms with Crippen LogP contribution >= 0.6 is 0 Å². The van der Waals surface area contributed by atoms with Gasteiger partial charge in [-0.2, -0.15) is 0 Å². The molecular formula is C7H14CuO. The first-order valence-corrected chi connectivity index (χ1v) is 4.80. The second kappa shape index (κ2) is 3.05. The zero-order valence-electron chi connectivity index (χ0n) is 5.78. The van der Waals surface area contributed by atoms with Crippen LogP contribution in [0.3, 0.4) is 0 Å². The van der Waals surface area contributed by atoms with Crippen molar-refractivity contribution in [2.45, 2.75) is 42.4 Å². The third kappa shape index (κ3) is 1.96. The van der Waals surface area contributed by atoms with Gasteiger partial charge in [-0.05, 0) is 0 Å². The molecule has 1 aliphatic rings. The fraction of sp³-hybridized carbons (Fsp3) is 1.00. The first-order valence-electron chi connectivity index (χ1n) is 3.38. The Morgan fingerprint density at radius 2 is 1.78 bits per heavy atom. The monoisotopic (exact) mass is 177 g/mol. The van der Waals surface area contributed by atoms with E-state index in [0.29, 0.717) is 0 Å². The van der Waals surface area contributed by atoms with Gasteiger partial charge in [0, 0.05) is 0 Å². The van der Waals surface area contributed by atoms with Crippen LogP contribution in [0.1, 0.15) is 32.1 Å². The van der Waals surface area contributed by atoms with E-state index in [1.54, 1.807) is 15.0 Å². The Morgan fingerprint density at radius 1 is 1.22 bits per heavy atom. The first kappa shape index (κ1) is 7.58. The SMILES string of the molecule is [CH3][Cu][C]1(O)CCCCC1. The molecule has 2 heteroatoms. The molecule has 0 radical (unpaired) electrons. The zero-order valence-corrected chi connectivity index (χ0v) is 6.73. The molecule has 0 amide bonds. The summed E-state index contributed by atoms with van der Waals surface area (Å²) in [5.41, 5.74) is 0. The molecule has 0 aromatic rings. The predicted octanol–water partition coefficient (Wildman–Crippen LogP) is 1.77. The van der Waals surface area contributed by atoms with E-state index in [0.717, 1.165) is 12.8 Å². The molecule has 0 aromatic carbocycles. The summed E-state index contributed by atoms with van der Waals surface area (Å²) < 4.78 is -0.373. The topological polar surface area (TPSA) is 20.2 Å². The van der Waals surface area contributed by atoms with Crippen LogP contribution in [0.15, 0.2) is 0 Å². The van der Waals surface area contributed by atoms with E-state index in [2.05, 4.69) is 0 Å². The Hall–Kier alpha value is 0.479. The minimum atomic E-state index is -0.373. The average molecular weight is 178 g/mol. The second-order valence-electron chi connectivity index (χ2n) is 2.56. The van der Waals surface area contributed by atoms with E-state index < -0.39 is 0 Å². The summed E-state index contributed by atoms with van der Waals surface area (Å²) in [6.45, 7) is 0. The molecule has 59 valence electrons. The molecule has 0 atom stereocenters. The summed E-state index contributed by atoms with van der Waals surface area (Å²) in [6, 6.07) is 0. The van der Waals surface area contributed by atoms with Gasteiger partial charge in [0.1, 0.15) is 0 Å². The Bertz CT molecular complexity index is 86.9. The van der Waals surface area contributed by atoms with Gasteiger partial charge in [0.25, 0.3) is 0 Å². The molecule has 0 aliphatic heterocycles. The van der Waals surface area contributed by atoms with E-state index in [1.807, 2.05) is 5.82 Å². The summed E-state index contributed by atoms with van der Waals surface area (Å²) in [6.07, 6.45) is 5.69. The molecule has 1 N–H and O–H groups in total. The standard InChI is InChI=1S/C6H11O.CH3.Cu/c7-6-4-2-1-3-5-6;;/h7H,1-5H2;1H3;. The number of rotatable bonds is 1. The normalized spacial score (nSPS) is 26.4. The molecule has 1 aliphatic carbocycles. The first-order chi connectivity index (χ1) is 4.27. The van der Waals surface area contributed by atoms with Crippen molar-refractivity contribution in [3.05, 3.63) is 0 Å². The van der Waals surface area contributed by atoms with Gasteiger partial charge in [0.15, 0.2) is 0 Å². The summed E-state index contributed by atoms with van der Waals surface area (Å²) >= 11 is 1.69. The number of aliphatic hydroxyl groups is 1. The Labute approximate surface area is 63.0 Å². The van der Waals surface area contributed by atoms with Crippen molar-refractivity contribution in [2.24, 2.45) is 0 Å². The number of hydrogen-bond acceptors (Lipinski definition) is 1. The zero-order chi connectivity index (χ0) is 6.74. The van der Waals surface area contributed by atoms with E-state index in [9.17, 15) is 5.11 Å². The molecular weight excluding hydrogens is 164 g/mol. The molecule has 0 spiro atoms. The second-order valence-corrected chi connectivity index (χ2v) is 3.91. The molecule has 1 nitrogen and oxygen atoms in total.